The van der Waals surface area contributed by atoms with Crippen LogP contribution in [0.3, 0.4) is 0 Å². The first-order valence-electron chi connectivity index (χ1n) is 10.7. The van der Waals surface area contributed by atoms with Crippen LogP contribution in [0, 0.1) is 0 Å². The number of likely N-dealkylation sites (tertiary alicyclic amines) is 1. The van der Waals surface area contributed by atoms with Gasteiger partial charge in [-0.2, -0.15) is 0 Å². The first kappa shape index (κ1) is 19.5. The second kappa shape index (κ2) is 7.06. The van der Waals surface area contributed by atoms with E-state index in [1.54, 1.807) is 11.0 Å². The largest absolute Gasteiger partial charge is 0.489 e. The van der Waals surface area contributed by atoms with Crippen molar-refractivity contribution in [2.24, 2.45) is 0 Å². The zero-order chi connectivity index (χ0) is 21.0. The number of β-amino-alcohol motifs (C(OH)–C–C–N with tert-alkyl or cyclic N) is 1. The lowest BCUT2D eigenvalue weighted by molar-refractivity contribution is -0.136. The van der Waals surface area contributed by atoms with Gasteiger partial charge < -0.3 is 14.7 Å². The number of fused-ring (bicyclic) bond motifs is 1. The molecule has 3 fully saturated rings. The maximum absolute atomic E-state index is 12.8. The Balaban J connectivity index is 1.28. The minimum Gasteiger partial charge on any atom is -0.489 e. The molecular weight excluding hydrogens is 386 g/mol. The SMILES string of the molecule is CC1(O)CN([C@H]2CCC[C@H]2Oc2ccc3c(c2)CN(C2CCC(=O)NC2=O)C3=O)C1. The van der Waals surface area contributed by atoms with Gasteiger partial charge in [-0.3, -0.25) is 24.6 Å². The fraction of sp³-hybridized carbons (Fsp3) is 0.591. The molecule has 160 valence electrons. The normalized spacial score (nSPS) is 30.8. The van der Waals surface area contributed by atoms with Crippen LogP contribution in [0.25, 0.3) is 0 Å². The molecule has 1 aromatic rings. The summed E-state index contributed by atoms with van der Waals surface area (Å²) >= 11 is 0. The number of hydrogen-bond donors (Lipinski definition) is 2. The van der Waals surface area contributed by atoms with E-state index < -0.39 is 17.6 Å². The van der Waals surface area contributed by atoms with Gasteiger partial charge in [-0.1, -0.05) is 0 Å². The van der Waals surface area contributed by atoms with E-state index in [0.717, 1.165) is 30.6 Å². The van der Waals surface area contributed by atoms with Crippen LogP contribution in [0.1, 0.15) is 54.9 Å². The third kappa shape index (κ3) is 3.37. The molecule has 3 amide bonds. The van der Waals surface area contributed by atoms with Crippen molar-refractivity contribution in [3.63, 3.8) is 0 Å². The van der Waals surface area contributed by atoms with Crippen molar-refractivity contribution in [3.8, 4) is 5.75 Å². The molecule has 8 nitrogen and oxygen atoms in total. The molecule has 3 aliphatic heterocycles. The van der Waals surface area contributed by atoms with Gasteiger partial charge in [0, 0.05) is 37.7 Å². The molecule has 1 saturated carbocycles. The molecule has 3 atom stereocenters. The van der Waals surface area contributed by atoms with Crippen molar-refractivity contribution in [1.29, 1.82) is 0 Å². The summed E-state index contributed by atoms with van der Waals surface area (Å²) in [6.45, 7) is 3.56. The van der Waals surface area contributed by atoms with Crippen molar-refractivity contribution < 1.29 is 24.2 Å². The van der Waals surface area contributed by atoms with E-state index >= 15 is 0 Å². The fourth-order valence-electron chi connectivity index (χ4n) is 5.32. The predicted octanol–water partition coefficient (Wildman–Crippen LogP) is 0.814. The van der Waals surface area contributed by atoms with Crippen LogP contribution in [0.2, 0.25) is 0 Å². The summed E-state index contributed by atoms with van der Waals surface area (Å²) in [4.78, 5) is 40.3. The maximum Gasteiger partial charge on any atom is 0.255 e. The van der Waals surface area contributed by atoms with Gasteiger partial charge in [0.1, 0.15) is 17.9 Å². The number of imide groups is 1. The molecule has 0 bridgehead atoms. The number of nitrogens with zero attached hydrogens (tertiary/aromatic N) is 2. The van der Waals surface area contributed by atoms with E-state index in [1.807, 2.05) is 19.1 Å². The van der Waals surface area contributed by atoms with Gasteiger partial charge in [-0.05, 0) is 56.4 Å². The summed E-state index contributed by atoms with van der Waals surface area (Å²) in [5.41, 5.74) is 0.845. The molecule has 2 N–H and O–H groups in total. The molecule has 1 aromatic carbocycles. The summed E-state index contributed by atoms with van der Waals surface area (Å²) in [7, 11) is 0. The summed E-state index contributed by atoms with van der Waals surface area (Å²) in [6, 6.07) is 5.20. The van der Waals surface area contributed by atoms with Gasteiger partial charge in [-0.25, -0.2) is 0 Å². The van der Waals surface area contributed by atoms with Crippen molar-refractivity contribution >= 4 is 17.7 Å². The highest BCUT2D eigenvalue weighted by atomic mass is 16.5. The van der Waals surface area contributed by atoms with Gasteiger partial charge in [0.15, 0.2) is 0 Å². The number of piperidine rings is 1. The predicted molar refractivity (Wildman–Crippen MR) is 107 cm³/mol. The summed E-state index contributed by atoms with van der Waals surface area (Å²) in [5.74, 6) is -0.127. The number of ether oxygens (including phenoxy) is 1. The zero-order valence-electron chi connectivity index (χ0n) is 17.1. The number of carbonyl (C=O) groups is 3. The van der Waals surface area contributed by atoms with Crippen LogP contribution in [-0.2, 0) is 16.1 Å². The molecule has 0 aromatic heterocycles. The lowest BCUT2D eigenvalue weighted by atomic mass is 9.93. The van der Waals surface area contributed by atoms with Crippen LogP contribution < -0.4 is 10.1 Å². The minimum atomic E-state index is -0.606. The highest BCUT2D eigenvalue weighted by Crippen LogP contribution is 2.35. The van der Waals surface area contributed by atoms with E-state index in [4.69, 9.17) is 4.74 Å². The average molecular weight is 413 g/mol. The van der Waals surface area contributed by atoms with Crippen molar-refractivity contribution in [2.45, 2.75) is 69.4 Å². The highest BCUT2D eigenvalue weighted by Gasteiger charge is 2.45. The molecule has 5 rings (SSSR count). The van der Waals surface area contributed by atoms with Gasteiger partial charge >= 0.3 is 0 Å². The molecule has 30 heavy (non-hydrogen) atoms. The second-order valence-electron chi connectivity index (χ2n) is 9.28. The summed E-state index contributed by atoms with van der Waals surface area (Å²) < 4.78 is 6.31. The number of nitrogens with one attached hydrogen (secondary N) is 1. The zero-order valence-corrected chi connectivity index (χ0v) is 17.1. The fourth-order valence-corrected chi connectivity index (χ4v) is 5.32. The standard InChI is InChI=1S/C22H27N3O5/c1-22(29)11-24(12-22)16-3-2-4-18(16)30-14-5-6-15-13(9-14)10-25(21(15)28)17-7-8-19(26)23-20(17)27/h5-6,9,16-18,29H,2-4,7-8,10-12H2,1H3,(H,23,26,27)/t16-,17?,18+/m0/s1. The number of benzene rings is 1. The second-order valence-corrected chi connectivity index (χ2v) is 9.28. The highest BCUT2D eigenvalue weighted by molar-refractivity contribution is 6.05. The summed E-state index contributed by atoms with van der Waals surface area (Å²) in [5, 5.41) is 12.4. The Kier molecular flexibility index (Phi) is 4.59. The van der Waals surface area contributed by atoms with Gasteiger partial charge in [0.2, 0.25) is 11.8 Å². The topological polar surface area (TPSA) is 99.2 Å². The molecule has 3 heterocycles. The Morgan fingerprint density at radius 3 is 2.70 bits per heavy atom. The van der Waals surface area contributed by atoms with Crippen LogP contribution in [-0.4, -0.2) is 69.5 Å². The molecule has 1 aliphatic carbocycles. The van der Waals surface area contributed by atoms with E-state index in [2.05, 4.69) is 10.2 Å². The first-order valence-corrected chi connectivity index (χ1v) is 10.7. The lowest BCUT2D eigenvalue weighted by Crippen LogP contribution is -2.64. The molecule has 2 saturated heterocycles. The minimum absolute atomic E-state index is 0.0718. The first-order chi connectivity index (χ1) is 14.3. The van der Waals surface area contributed by atoms with Gasteiger partial charge in [0.25, 0.3) is 5.91 Å². The van der Waals surface area contributed by atoms with E-state index in [1.165, 1.54) is 0 Å². The smallest absolute Gasteiger partial charge is 0.255 e. The number of rotatable bonds is 4. The number of hydrogen-bond acceptors (Lipinski definition) is 6. The Hall–Kier alpha value is -2.45. The van der Waals surface area contributed by atoms with Gasteiger partial charge in [0.05, 0.1) is 5.60 Å². The third-order valence-corrected chi connectivity index (χ3v) is 6.76. The molecule has 1 unspecified atom stereocenters. The van der Waals surface area contributed by atoms with Crippen LogP contribution >= 0.6 is 0 Å². The van der Waals surface area contributed by atoms with Crippen molar-refractivity contribution in [2.75, 3.05) is 13.1 Å². The van der Waals surface area contributed by atoms with Crippen LogP contribution in [0.4, 0.5) is 0 Å². The third-order valence-electron chi connectivity index (χ3n) is 6.76. The Morgan fingerprint density at radius 1 is 1.17 bits per heavy atom. The maximum atomic E-state index is 12.8. The number of amides is 3. The summed E-state index contributed by atoms with van der Waals surface area (Å²) in [6.07, 6.45) is 3.81. The van der Waals surface area contributed by atoms with Gasteiger partial charge in [-0.15, -0.1) is 0 Å². The van der Waals surface area contributed by atoms with Crippen LogP contribution in [0.15, 0.2) is 18.2 Å². The van der Waals surface area contributed by atoms with Crippen molar-refractivity contribution in [3.05, 3.63) is 29.3 Å². The molecule has 8 heteroatoms. The number of carbonyl (C=O) groups excluding carboxylic acids is 3. The lowest BCUT2D eigenvalue weighted by Gasteiger charge is -2.48. The average Bonchev–Trinajstić information content (AvgIpc) is 3.24. The monoisotopic (exact) mass is 413 g/mol. The van der Waals surface area contributed by atoms with Crippen molar-refractivity contribution in [1.82, 2.24) is 15.1 Å². The quantitative estimate of drug-likeness (QED) is 0.709. The Morgan fingerprint density at radius 2 is 1.97 bits per heavy atom. The molecule has 0 radical (unpaired) electrons. The Bertz CT molecular complexity index is 906. The van der Waals surface area contributed by atoms with Crippen LogP contribution in [0.5, 0.6) is 5.75 Å². The van der Waals surface area contributed by atoms with E-state index in [9.17, 15) is 19.5 Å². The number of aliphatic hydroxyl groups is 1. The van der Waals surface area contributed by atoms with E-state index in [0.29, 0.717) is 37.7 Å². The molecule has 4 aliphatic rings. The van der Waals surface area contributed by atoms with E-state index in [-0.39, 0.29) is 24.3 Å². The Labute approximate surface area is 175 Å². The molecular formula is C22H27N3O5. The molecule has 0 spiro atoms.